The molecule has 0 saturated carbocycles. The van der Waals surface area contributed by atoms with E-state index in [1.807, 2.05) is 60.9 Å². The van der Waals surface area contributed by atoms with E-state index >= 15 is 0 Å². The molecule has 0 fully saturated rings. The summed E-state index contributed by atoms with van der Waals surface area (Å²) in [4.78, 5) is 25.2. The number of rotatable bonds is 8. The molecule has 0 aliphatic heterocycles. The second-order valence-electron chi connectivity index (χ2n) is 14.8. The maximum atomic E-state index is 5.24. The molecule has 3 aromatic heterocycles. The van der Waals surface area contributed by atoms with Crippen LogP contribution in [0.15, 0.2) is 219 Å². The van der Waals surface area contributed by atoms with Gasteiger partial charge in [-0.3, -0.25) is 9.97 Å². The summed E-state index contributed by atoms with van der Waals surface area (Å²) in [5.41, 5.74) is 15.5. The van der Waals surface area contributed by atoms with Crippen LogP contribution in [0.2, 0.25) is 0 Å². The Bertz CT molecular complexity index is 2980. The predicted molar refractivity (Wildman–Crippen MR) is 248 cm³/mol. The van der Waals surface area contributed by atoms with Crippen molar-refractivity contribution in [3.05, 3.63) is 219 Å². The molecule has 0 atom stereocenters. The van der Waals surface area contributed by atoms with Gasteiger partial charge in [-0.25, -0.2) is 9.97 Å². The quantitative estimate of drug-likeness (QED) is 0.113. The largest absolute Gasteiger partial charge is 0.311 e. The summed E-state index contributed by atoms with van der Waals surface area (Å²) in [7, 11) is 0. The van der Waals surface area contributed by atoms with Gasteiger partial charge in [0.2, 0.25) is 0 Å². The molecule has 0 saturated heterocycles. The molecule has 6 heteroatoms. The van der Waals surface area contributed by atoms with Crippen molar-refractivity contribution in [3.8, 4) is 22.3 Å². The standard InChI is InChI=1S/C54H36N6/c1-5-15-41(16-6-1)59(42-17-7-2-8-18-42)45-29-25-37(26-30-45)39-33-47-51(55-35-39)52-48(54-53(47)57-49-23-13-14-24-50(49)58-54)34-40(36-56-52)38-27-31-46(32-28-38)60(43-19-9-3-10-20-43)44-21-11-4-12-22-44/h1-36H. The van der Waals surface area contributed by atoms with Crippen LogP contribution in [0.25, 0.3) is 66.1 Å². The SMILES string of the molecule is c1ccc(N(c2ccccc2)c2ccc(-c3cnc4c(c3)c3nc5ccccc5nc3c3cc(-c5ccc(N(c6ccccc6)c6ccccc6)cc5)cnc34)cc2)cc1. The molecule has 6 nitrogen and oxygen atoms in total. The maximum absolute atomic E-state index is 5.24. The lowest BCUT2D eigenvalue weighted by atomic mass is 9.99. The second kappa shape index (κ2) is 14.9. The molecule has 0 N–H and O–H groups in total. The fourth-order valence-electron chi connectivity index (χ4n) is 8.17. The predicted octanol–water partition coefficient (Wildman–Crippen LogP) is 14.2. The van der Waals surface area contributed by atoms with Crippen LogP contribution in [0.1, 0.15) is 0 Å². The number of para-hydroxylation sites is 6. The molecular formula is C54H36N6. The lowest BCUT2D eigenvalue weighted by Gasteiger charge is -2.25. The highest BCUT2D eigenvalue weighted by molar-refractivity contribution is 6.22. The van der Waals surface area contributed by atoms with E-state index in [1.165, 1.54) is 0 Å². The van der Waals surface area contributed by atoms with Crippen molar-refractivity contribution in [1.82, 2.24) is 19.9 Å². The molecule has 3 heterocycles. The van der Waals surface area contributed by atoms with Crippen LogP contribution in [0.4, 0.5) is 34.1 Å². The van der Waals surface area contributed by atoms with Crippen LogP contribution in [0, 0.1) is 0 Å². The number of hydrogen-bond donors (Lipinski definition) is 0. The Morgan fingerprint density at radius 2 is 0.567 bits per heavy atom. The summed E-state index contributed by atoms with van der Waals surface area (Å²) in [5.74, 6) is 0. The van der Waals surface area contributed by atoms with E-state index in [0.29, 0.717) is 0 Å². The Hall–Kier alpha value is -8.22. The Morgan fingerprint density at radius 1 is 0.267 bits per heavy atom. The zero-order valence-electron chi connectivity index (χ0n) is 32.5. The van der Waals surface area contributed by atoms with Gasteiger partial charge in [0.25, 0.3) is 0 Å². The van der Waals surface area contributed by atoms with Crippen LogP contribution >= 0.6 is 0 Å². The average Bonchev–Trinajstić information content (AvgIpc) is 3.33. The number of aromatic nitrogens is 4. The molecular weight excluding hydrogens is 733 g/mol. The number of benzene rings is 8. The maximum Gasteiger partial charge on any atom is 0.0996 e. The summed E-state index contributed by atoms with van der Waals surface area (Å²) in [6, 6.07) is 71.5. The van der Waals surface area contributed by atoms with Gasteiger partial charge in [0.15, 0.2) is 0 Å². The topological polar surface area (TPSA) is 58.0 Å². The van der Waals surface area contributed by atoms with E-state index < -0.39 is 0 Å². The highest BCUT2D eigenvalue weighted by Crippen LogP contribution is 2.40. The zero-order chi connectivity index (χ0) is 39.8. The first-order valence-corrected chi connectivity index (χ1v) is 20.0. The molecule has 0 amide bonds. The first kappa shape index (κ1) is 35.0. The normalized spacial score (nSPS) is 11.3. The van der Waals surface area contributed by atoms with E-state index in [-0.39, 0.29) is 0 Å². The van der Waals surface area contributed by atoms with Crippen molar-refractivity contribution in [1.29, 1.82) is 0 Å². The molecule has 11 rings (SSSR count). The second-order valence-corrected chi connectivity index (χ2v) is 14.8. The molecule has 0 bridgehead atoms. The molecule has 0 unspecified atom stereocenters. The first-order valence-electron chi connectivity index (χ1n) is 20.0. The van der Waals surface area contributed by atoms with Crippen LogP contribution in [-0.2, 0) is 0 Å². The van der Waals surface area contributed by atoms with Gasteiger partial charge in [0, 0.05) is 68.4 Å². The minimum Gasteiger partial charge on any atom is -0.311 e. The lowest BCUT2D eigenvalue weighted by molar-refractivity contribution is 1.28. The van der Waals surface area contributed by atoms with Gasteiger partial charge in [0.05, 0.1) is 33.1 Å². The highest BCUT2D eigenvalue weighted by Gasteiger charge is 2.18. The van der Waals surface area contributed by atoms with Gasteiger partial charge in [-0.2, -0.15) is 0 Å². The first-order chi connectivity index (χ1) is 29.7. The number of fused-ring (bicyclic) bond motifs is 7. The smallest absolute Gasteiger partial charge is 0.0996 e. The van der Waals surface area contributed by atoms with Gasteiger partial charge in [-0.1, -0.05) is 109 Å². The Morgan fingerprint density at radius 3 is 0.900 bits per heavy atom. The summed E-state index contributed by atoms with van der Waals surface area (Å²) < 4.78 is 0. The van der Waals surface area contributed by atoms with Gasteiger partial charge < -0.3 is 9.80 Å². The van der Waals surface area contributed by atoms with Crippen molar-refractivity contribution < 1.29 is 0 Å². The van der Waals surface area contributed by atoms with Crippen molar-refractivity contribution >= 4 is 78.0 Å². The minimum absolute atomic E-state index is 0.796. The summed E-state index contributed by atoms with van der Waals surface area (Å²) >= 11 is 0. The molecule has 0 aliphatic rings. The molecule has 0 radical (unpaired) electrons. The van der Waals surface area contributed by atoms with E-state index in [0.717, 1.165) is 100 Å². The van der Waals surface area contributed by atoms with Crippen LogP contribution in [0.5, 0.6) is 0 Å². The fraction of sp³-hybridized carbons (Fsp3) is 0. The summed E-state index contributed by atoms with van der Waals surface area (Å²) in [5, 5.41) is 1.83. The third-order valence-electron chi connectivity index (χ3n) is 11.1. The summed E-state index contributed by atoms with van der Waals surface area (Å²) in [6.45, 7) is 0. The Labute approximate surface area is 347 Å². The monoisotopic (exact) mass is 768 g/mol. The average molecular weight is 769 g/mol. The molecule has 282 valence electrons. The Balaban J connectivity index is 1.01. The van der Waals surface area contributed by atoms with Crippen molar-refractivity contribution in [3.63, 3.8) is 0 Å². The number of pyridine rings is 2. The fourth-order valence-corrected chi connectivity index (χ4v) is 8.17. The molecule has 8 aromatic carbocycles. The van der Waals surface area contributed by atoms with E-state index in [2.05, 4.69) is 168 Å². The number of anilines is 6. The van der Waals surface area contributed by atoms with Gasteiger partial charge in [0.1, 0.15) is 0 Å². The van der Waals surface area contributed by atoms with Gasteiger partial charge in [-0.15, -0.1) is 0 Å². The minimum atomic E-state index is 0.796. The number of nitrogens with zero attached hydrogens (tertiary/aromatic N) is 6. The van der Waals surface area contributed by atoms with E-state index in [1.54, 1.807) is 0 Å². The van der Waals surface area contributed by atoms with Crippen molar-refractivity contribution in [2.75, 3.05) is 9.80 Å². The van der Waals surface area contributed by atoms with Crippen LogP contribution < -0.4 is 9.80 Å². The van der Waals surface area contributed by atoms with Gasteiger partial charge >= 0.3 is 0 Å². The van der Waals surface area contributed by atoms with Crippen molar-refractivity contribution in [2.45, 2.75) is 0 Å². The van der Waals surface area contributed by atoms with E-state index in [9.17, 15) is 0 Å². The zero-order valence-corrected chi connectivity index (χ0v) is 32.5. The Kier molecular flexibility index (Phi) is 8.71. The molecule has 0 spiro atoms. The van der Waals surface area contributed by atoms with Crippen molar-refractivity contribution in [2.24, 2.45) is 0 Å². The molecule has 11 aromatic rings. The molecule has 0 aliphatic carbocycles. The molecule has 60 heavy (non-hydrogen) atoms. The highest BCUT2D eigenvalue weighted by atomic mass is 15.1. The van der Waals surface area contributed by atoms with Crippen LogP contribution in [0.3, 0.4) is 0 Å². The third-order valence-corrected chi connectivity index (χ3v) is 11.1. The third kappa shape index (κ3) is 6.33. The van der Waals surface area contributed by atoms with Crippen LogP contribution in [-0.4, -0.2) is 19.9 Å². The number of hydrogen-bond acceptors (Lipinski definition) is 6. The lowest BCUT2D eigenvalue weighted by Crippen LogP contribution is -2.09. The summed E-state index contributed by atoms with van der Waals surface area (Å²) in [6.07, 6.45) is 3.89. The van der Waals surface area contributed by atoms with E-state index in [4.69, 9.17) is 19.9 Å². The van der Waals surface area contributed by atoms with Gasteiger partial charge in [-0.05, 0) is 108 Å².